The molecule has 0 fully saturated rings. The molecule has 0 saturated carbocycles. The van der Waals surface area contributed by atoms with Gasteiger partial charge in [-0.15, -0.1) is 0 Å². The fourth-order valence-corrected chi connectivity index (χ4v) is 2.07. The standard InChI is InChI=1S/C16H19NO5/c1-5-21-11-8-6-7-10-9-12(22-13(10)11)14(18)17-16(2,3)15(19)20-4/h6-9H,5H2,1-4H3,(H,17,18). The van der Waals surface area contributed by atoms with Crippen LogP contribution in [0.3, 0.4) is 0 Å². The summed E-state index contributed by atoms with van der Waals surface area (Å²) in [5.74, 6) is -0.341. The molecule has 6 nitrogen and oxygen atoms in total. The number of rotatable bonds is 5. The van der Waals surface area contributed by atoms with E-state index in [9.17, 15) is 9.59 Å². The summed E-state index contributed by atoms with van der Waals surface area (Å²) in [4.78, 5) is 23.9. The van der Waals surface area contributed by atoms with Crippen LogP contribution in [-0.4, -0.2) is 31.1 Å². The minimum atomic E-state index is -1.15. The van der Waals surface area contributed by atoms with E-state index in [1.165, 1.54) is 7.11 Å². The van der Waals surface area contributed by atoms with Crippen molar-refractivity contribution in [2.45, 2.75) is 26.3 Å². The Balaban J connectivity index is 2.29. The van der Waals surface area contributed by atoms with Crippen molar-refractivity contribution in [2.24, 2.45) is 0 Å². The smallest absolute Gasteiger partial charge is 0.330 e. The first kappa shape index (κ1) is 15.9. The summed E-state index contributed by atoms with van der Waals surface area (Å²) in [6, 6.07) is 7.03. The Hall–Kier alpha value is -2.50. The summed E-state index contributed by atoms with van der Waals surface area (Å²) in [5, 5.41) is 3.34. The van der Waals surface area contributed by atoms with Crippen molar-refractivity contribution >= 4 is 22.8 Å². The number of para-hydroxylation sites is 1. The lowest BCUT2D eigenvalue weighted by molar-refractivity contribution is -0.146. The van der Waals surface area contributed by atoms with Gasteiger partial charge in [-0.25, -0.2) is 4.79 Å². The third-order valence-corrected chi connectivity index (χ3v) is 3.15. The van der Waals surface area contributed by atoms with E-state index in [2.05, 4.69) is 10.1 Å². The highest BCUT2D eigenvalue weighted by molar-refractivity contribution is 5.99. The number of esters is 1. The van der Waals surface area contributed by atoms with Gasteiger partial charge >= 0.3 is 5.97 Å². The topological polar surface area (TPSA) is 77.8 Å². The van der Waals surface area contributed by atoms with Crippen LogP contribution in [0, 0.1) is 0 Å². The quantitative estimate of drug-likeness (QED) is 0.859. The van der Waals surface area contributed by atoms with Crippen LogP contribution in [0.1, 0.15) is 31.3 Å². The minimum absolute atomic E-state index is 0.110. The summed E-state index contributed by atoms with van der Waals surface area (Å²) in [6.07, 6.45) is 0. The zero-order chi connectivity index (χ0) is 16.3. The maximum absolute atomic E-state index is 12.3. The second kappa shape index (κ2) is 6.09. The second-order valence-electron chi connectivity index (χ2n) is 5.29. The van der Waals surface area contributed by atoms with Gasteiger partial charge in [-0.2, -0.15) is 0 Å². The SMILES string of the molecule is CCOc1cccc2cc(C(=O)NC(C)(C)C(=O)OC)oc12. The fraction of sp³-hybridized carbons (Fsp3) is 0.375. The molecule has 1 N–H and O–H groups in total. The first-order valence-corrected chi connectivity index (χ1v) is 6.95. The van der Waals surface area contributed by atoms with Crippen LogP contribution in [0.5, 0.6) is 5.75 Å². The third kappa shape index (κ3) is 3.05. The van der Waals surface area contributed by atoms with Gasteiger partial charge < -0.3 is 19.2 Å². The molecule has 0 aliphatic heterocycles. The van der Waals surface area contributed by atoms with Crippen molar-refractivity contribution in [1.29, 1.82) is 0 Å². The largest absolute Gasteiger partial charge is 0.490 e. The molecule has 0 aliphatic carbocycles. The molecule has 0 bridgehead atoms. The molecule has 1 aromatic carbocycles. The number of methoxy groups -OCH3 is 1. The maximum atomic E-state index is 12.3. The molecule has 0 radical (unpaired) electrons. The summed E-state index contributed by atoms with van der Waals surface area (Å²) >= 11 is 0. The van der Waals surface area contributed by atoms with Gasteiger partial charge in [0.1, 0.15) is 5.54 Å². The molecule has 0 spiro atoms. The van der Waals surface area contributed by atoms with E-state index in [1.54, 1.807) is 26.0 Å². The Bertz CT molecular complexity index is 702. The number of benzene rings is 1. The van der Waals surface area contributed by atoms with Crippen LogP contribution < -0.4 is 10.1 Å². The lowest BCUT2D eigenvalue weighted by atomic mass is 10.1. The predicted octanol–water partition coefficient (Wildman–Crippen LogP) is 2.51. The molecule has 1 amide bonds. The summed E-state index contributed by atoms with van der Waals surface area (Å²) in [7, 11) is 1.27. The number of amides is 1. The lowest BCUT2D eigenvalue weighted by Crippen LogP contribution is -2.50. The molecule has 22 heavy (non-hydrogen) atoms. The van der Waals surface area contributed by atoms with Crippen LogP contribution >= 0.6 is 0 Å². The zero-order valence-electron chi connectivity index (χ0n) is 13.1. The van der Waals surface area contributed by atoms with Gasteiger partial charge in [0, 0.05) is 5.39 Å². The van der Waals surface area contributed by atoms with E-state index >= 15 is 0 Å². The molecule has 6 heteroatoms. The Kier molecular flexibility index (Phi) is 4.40. The van der Waals surface area contributed by atoms with E-state index in [-0.39, 0.29) is 5.76 Å². The lowest BCUT2D eigenvalue weighted by Gasteiger charge is -2.22. The predicted molar refractivity (Wildman–Crippen MR) is 80.9 cm³/mol. The molecule has 1 heterocycles. The Morgan fingerprint density at radius 1 is 1.32 bits per heavy atom. The highest BCUT2D eigenvalue weighted by Crippen LogP contribution is 2.29. The van der Waals surface area contributed by atoms with E-state index < -0.39 is 17.4 Å². The van der Waals surface area contributed by atoms with Crippen LogP contribution in [0.25, 0.3) is 11.0 Å². The van der Waals surface area contributed by atoms with Gasteiger partial charge in [-0.1, -0.05) is 12.1 Å². The average molecular weight is 305 g/mol. The Labute approximate surface area is 128 Å². The van der Waals surface area contributed by atoms with E-state index in [1.807, 2.05) is 19.1 Å². The van der Waals surface area contributed by atoms with E-state index in [4.69, 9.17) is 9.15 Å². The van der Waals surface area contributed by atoms with Crippen molar-refractivity contribution in [1.82, 2.24) is 5.32 Å². The minimum Gasteiger partial charge on any atom is -0.490 e. The number of hydrogen-bond acceptors (Lipinski definition) is 5. The highest BCUT2D eigenvalue weighted by atomic mass is 16.5. The monoisotopic (exact) mass is 305 g/mol. The van der Waals surface area contributed by atoms with Crippen molar-refractivity contribution in [3.63, 3.8) is 0 Å². The van der Waals surface area contributed by atoms with Gasteiger partial charge in [-0.05, 0) is 32.9 Å². The number of carbonyl (C=O) groups excluding carboxylic acids is 2. The number of hydrogen-bond donors (Lipinski definition) is 1. The van der Waals surface area contributed by atoms with E-state index in [0.717, 1.165) is 5.39 Å². The van der Waals surface area contributed by atoms with Gasteiger partial charge in [0.15, 0.2) is 17.1 Å². The van der Waals surface area contributed by atoms with E-state index in [0.29, 0.717) is 17.9 Å². The Morgan fingerprint density at radius 3 is 2.68 bits per heavy atom. The van der Waals surface area contributed by atoms with Gasteiger partial charge in [0.25, 0.3) is 5.91 Å². The summed E-state index contributed by atoms with van der Waals surface area (Å²) in [5.41, 5.74) is -0.640. The van der Waals surface area contributed by atoms with Gasteiger partial charge in [-0.3, -0.25) is 4.79 Å². The van der Waals surface area contributed by atoms with Crippen molar-refractivity contribution in [3.05, 3.63) is 30.0 Å². The molecule has 0 saturated heterocycles. The van der Waals surface area contributed by atoms with Crippen molar-refractivity contribution in [3.8, 4) is 5.75 Å². The molecule has 2 aromatic rings. The molecule has 0 aliphatic rings. The van der Waals surface area contributed by atoms with Crippen LogP contribution in [0.4, 0.5) is 0 Å². The van der Waals surface area contributed by atoms with Crippen molar-refractivity contribution in [2.75, 3.05) is 13.7 Å². The highest BCUT2D eigenvalue weighted by Gasteiger charge is 2.31. The van der Waals surface area contributed by atoms with Gasteiger partial charge in [0.05, 0.1) is 13.7 Å². The number of nitrogens with one attached hydrogen (secondary N) is 1. The number of fused-ring (bicyclic) bond motifs is 1. The third-order valence-electron chi connectivity index (χ3n) is 3.15. The zero-order valence-corrected chi connectivity index (χ0v) is 13.1. The normalized spacial score (nSPS) is 11.3. The maximum Gasteiger partial charge on any atom is 0.330 e. The first-order valence-electron chi connectivity index (χ1n) is 6.95. The molecule has 0 unspecified atom stereocenters. The molecular weight excluding hydrogens is 286 g/mol. The fourth-order valence-electron chi connectivity index (χ4n) is 2.07. The summed E-state index contributed by atoms with van der Waals surface area (Å²) < 4.78 is 15.7. The molecular formula is C16H19NO5. The van der Waals surface area contributed by atoms with Gasteiger partial charge in [0.2, 0.25) is 0 Å². The molecule has 118 valence electrons. The molecule has 0 atom stereocenters. The average Bonchev–Trinajstić information content (AvgIpc) is 2.91. The number of carbonyl (C=O) groups is 2. The molecule has 1 aromatic heterocycles. The van der Waals surface area contributed by atoms with Crippen LogP contribution in [-0.2, 0) is 9.53 Å². The summed E-state index contributed by atoms with van der Waals surface area (Å²) in [6.45, 7) is 5.49. The van der Waals surface area contributed by atoms with Crippen molar-refractivity contribution < 1.29 is 23.5 Å². The van der Waals surface area contributed by atoms with Crippen LogP contribution in [0.2, 0.25) is 0 Å². The number of furan rings is 1. The first-order chi connectivity index (χ1) is 10.4. The second-order valence-corrected chi connectivity index (χ2v) is 5.29. The van der Waals surface area contributed by atoms with Crippen LogP contribution in [0.15, 0.2) is 28.7 Å². The number of ether oxygens (including phenoxy) is 2. The molecule has 2 rings (SSSR count). The Morgan fingerprint density at radius 2 is 2.05 bits per heavy atom.